The van der Waals surface area contributed by atoms with Crippen LogP contribution in [0.1, 0.15) is 0 Å². The van der Waals surface area contributed by atoms with Crippen LogP contribution in [-0.4, -0.2) is 25.1 Å². The number of anilines is 2. The largest absolute Gasteiger partial charge is 0.312 e. The highest BCUT2D eigenvalue weighted by atomic mass is 79.9. The maximum atomic E-state index is 10.8. The standard InChI is InChI=1S/C7H5BrN6O2/c8-4-1-5(14(15)16)6(9-2-4)12-7-10-3-11-13-7/h1-3H,(H2,9,10,11,12,13). The monoisotopic (exact) mass is 284 g/mol. The van der Waals surface area contributed by atoms with Gasteiger partial charge in [0.15, 0.2) is 0 Å². The number of nitrogens with one attached hydrogen (secondary N) is 2. The number of nitro groups is 1. The quantitative estimate of drug-likeness (QED) is 0.655. The van der Waals surface area contributed by atoms with Crippen LogP contribution in [0.3, 0.4) is 0 Å². The van der Waals surface area contributed by atoms with Crippen LogP contribution in [0, 0.1) is 10.1 Å². The van der Waals surface area contributed by atoms with Gasteiger partial charge in [0.05, 0.1) is 4.92 Å². The minimum absolute atomic E-state index is 0.102. The first-order chi connectivity index (χ1) is 7.66. The summed E-state index contributed by atoms with van der Waals surface area (Å²) in [5.41, 5.74) is -0.147. The fraction of sp³-hybridized carbons (Fsp3) is 0. The molecule has 9 heteroatoms. The Kier molecular flexibility index (Phi) is 2.77. The number of H-pyrrole nitrogens is 1. The number of hydrogen-bond donors (Lipinski definition) is 2. The first-order valence-electron chi connectivity index (χ1n) is 4.09. The third kappa shape index (κ3) is 2.14. The van der Waals surface area contributed by atoms with Crippen molar-refractivity contribution in [2.45, 2.75) is 0 Å². The second-order valence-electron chi connectivity index (χ2n) is 2.74. The smallest absolute Gasteiger partial charge is 0.303 e. The van der Waals surface area contributed by atoms with Crippen LogP contribution < -0.4 is 5.32 Å². The minimum Gasteiger partial charge on any atom is -0.303 e. The third-order valence-corrected chi connectivity index (χ3v) is 2.12. The number of aromatic nitrogens is 4. The molecule has 0 aliphatic rings. The second kappa shape index (κ2) is 4.23. The molecule has 2 heterocycles. The lowest BCUT2D eigenvalue weighted by molar-refractivity contribution is -0.384. The topological polar surface area (TPSA) is 110 Å². The zero-order chi connectivity index (χ0) is 11.5. The summed E-state index contributed by atoms with van der Waals surface area (Å²) in [7, 11) is 0. The van der Waals surface area contributed by atoms with E-state index in [1.54, 1.807) is 0 Å². The van der Waals surface area contributed by atoms with Gasteiger partial charge in [0.1, 0.15) is 6.33 Å². The second-order valence-corrected chi connectivity index (χ2v) is 3.65. The van der Waals surface area contributed by atoms with Crippen molar-refractivity contribution in [3.05, 3.63) is 33.2 Å². The van der Waals surface area contributed by atoms with Gasteiger partial charge in [0.2, 0.25) is 11.8 Å². The highest BCUT2D eigenvalue weighted by Crippen LogP contribution is 2.26. The number of hydrogen-bond acceptors (Lipinski definition) is 6. The molecule has 8 nitrogen and oxygen atoms in total. The van der Waals surface area contributed by atoms with E-state index in [9.17, 15) is 10.1 Å². The van der Waals surface area contributed by atoms with Gasteiger partial charge in [-0.05, 0) is 15.9 Å². The summed E-state index contributed by atoms with van der Waals surface area (Å²) in [6.07, 6.45) is 2.73. The van der Waals surface area contributed by atoms with Crippen LogP contribution >= 0.6 is 15.9 Å². The van der Waals surface area contributed by atoms with Gasteiger partial charge in [-0.2, -0.15) is 10.1 Å². The molecule has 0 unspecified atom stereocenters. The summed E-state index contributed by atoms with van der Waals surface area (Å²) >= 11 is 3.11. The Morgan fingerprint density at radius 3 is 2.94 bits per heavy atom. The molecule has 0 atom stereocenters. The highest BCUT2D eigenvalue weighted by molar-refractivity contribution is 9.10. The maximum absolute atomic E-state index is 10.8. The molecule has 0 spiro atoms. The minimum atomic E-state index is -0.531. The molecule has 0 fully saturated rings. The summed E-state index contributed by atoms with van der Waals surface area (Å²) in [6, 6.07) is 1.35. The Labute approximate surface area is 97.4 Å². The van der Waals surface area contributed by atoms with E-state index in [0.717, 1.165) is 0 Å². The van der Waals surface area contributed by atoms with Crippen molar-refractivity contribution < 1.29 is 4.92 Å². The number of aromatic amines is 1. The molecule has 0 aliphatic heterocycles. The van der Waals surface area contributed by atoms with E-state index in [0.29, 0.717) is 4.47 Å². The summed E-state index contributed by atoms with van der Waals surface area (Å²) < 4.78 is 0.530. The van der Waals surface area contributed by atoms with Gasteiger partial charge in [-0.3, -0.25) is 10.1 Å². The number of rotatable bonds is 3. The van der Waals surface area contributed by atoms with Crippen molar-refractivity contribution in [1.82, 2.24) is 20.2 Å². The van der Waals surface area contributed by atoms with Crippen molar-refractivity contribution in [1.29, 1.82) is 0 Å². The van der Waals surface area contributed by atoms with Crippen LogP contribution in [0.5, 0.6) is 0 Å². The lowest BCUT2D eigenvalue weighted by Gasteiger charge is -2.02. The first-order valence-corrected chi connectivity index (χ1v) is 4.88. The van der Waals surface area contributed by atoms with Crippen molar-refractivity contribution in [2.24, 2.45) is 0 Å². The highest BCUT2D eigenvalue weighted by Gasteiger charge is 2.16. The Hall–Kier alpha value is -2.03. The Bertz CT molecular complexity index is 514. The van der Waals surface area contributed by atoms with Crippen LogP contribution in [-0.2, 0) is 0 Å². The van der Waals surface area contributed by atoms with E-state index < -0.39 is 4.92 Å². The molecule has 2 N–H and O–H groups in total. The van der Waals surface area contributed by atoms with Gasteiger partial charge < -0.3 is 5.32 Å². The number of nitrogens with zero attached hydrogens (tertiary/aromatic N) is 4. The maximum Gasteiger partial charge on any atom is 0.312 e. The fourth-order valence-electron chi connectivity index (χ4n) is 1.04. The average Bonchev–Trinajstić information content (AvgIpc) is 2.73. The molecule has 82 valence electrons. The summed E-state index contributed by atoms with van der Waals surface area (Å²) in [5, 5.41) is 19.5. The molecule has 0 saturated carbocycles. The molecule has 2 aromatic rings. The summed E-state index contributed by atoms with van der Waals surface area (Å²) in [5.74, 6) is 0.392. The Balaban J connectivity index is 2.36. The predicted molar refractivity (Wildman–Crippen MR) is 58.3 cm³/mol. The van der Waals surface area contributed by atoms with Gasteiger partial charge in [0.25, 0.3) is 0 Å². The zero-order valence-corrected chi connectivity index (χ0v) is 9.30. The molecule has 2 aromatic heterocycles. The Morgan fingerprint density at radius 2 is 2.31 bits per heavy atom. The van der Waals surface area contributed by atoms with Gasteiger partial charge in [0, 0.05) is 16.7 Å². The predicted octanol–water partition coefficient (Wildman–Crippen LogP) is 1.61. The molecule has 2 rings (SSSR count). The van der Waals surface area contributed by atoms with Crippen LogP contribution in [0.2, 0.25) is 0 Å². The molecule has 0 bridgehead atoms. The number of pyridine rings is 1. The SMILES string of the molecule is O=[N+]([O-])c1cc(Br)cnc1Nc1ncn[nH]1. The van der Waals surface area contributed by atoms with E-state index in [-0.39, 0.29) is 17.5 Å². The van der Waals surface area contributed by atoms with E-state index in [1.165, 1.54) is 18.6 Å². The van der Waals surface area contributed by atoms with Gasteiger partial charge in [-0.1, -0.05) is 0 Å². The number of halogens is 1. The first kappa shape index (κ1) is 10.5. The van der Waals surface area contributed by atoms with Crippen LogP contribution in [0.15, 0.2) is 23.1 Å². The molecular formula is C7H5BrN6O2. The van der Waals surface area contributed by atoms with Crippen molar-refractivity contribution in [3.8, 4) is 0 Å². The molecular weight excluding hydrogens is 280 g/mol. The zero-order valence-electron chi connectivity index (χ0n) is 7.72. The molecule has 16 heavy (non-hydrogen) atoms. The normalized spacial score (nSPS) is 10.1. The van der Waals surface area contributed by atoms with Crippen LogP contribution in [0.25, 0.3) is 0 Å². The van der Waals surface area contributed by atoms with Crippen molar-refractivity contribution >= 4 is 33.4 Å². The van der Waals surface area contributed by atoms with E-state index in [2.05, 4.69) is 41.4 Å². The van der Waals surface area contributed by atoms with E-state index >= 15 is 0 Å². The van der Waals surface area contributed by atoms with E-state index in [4.69, 9.17) is 0 Å². The molecule has 0 aliphatic carbocycles. The lowest BCUT2D eigenvalue weighted by atomic mass is 10.4. The average molecular weight is 285 g/mol. The van der Waals surface area contributed by atoms with Crippen LogP contribution in [0.4, 0.5) is 17.5 Å². The summed E-state index contributed by atoms with van der Waals surface area (Å²) in [6.45, 7) is 0. The van der Waals surface area contributed by atoms with Gasteiger partial charge in [-0.25, -0.2) is 10.1 Å². The fourth-order valence-corrected chi connectivity index (χ4v) is 1.36. The van der Waals surface area contributed by atoms with Gasteiger partial charge in [-0.15, -0.1) is 0 Å². The lowest BCUT2D eigenvalue weighted by Crippen LogP contribution is -2.00. The van der Waals surface area contributed by atoms with Crippen molar-refractivity contribution in [2.75, 3.05) is 5.32 Å². The molecule has 0 amide bonds. The molecule has 0 aromatic carbocycles. The summed E-state index contributed by atoms with van der Waals surface area (Å²) in [4.78, 5) is 17.9. The Morgan fingerprint density at radius 1 is 1.50 bits per heavy atom. The molecule has 0 saturated heterocycles. The van der Waals surface area contributed by atoms with Crippen molar-refractivity contribution in [3.63, 3.8) is 0 Å². The van der Waals surface area contributed by atoms with Gasteiger partial charge >= 0.3 is 5.69 Å². The third-order valence-electron chi connectivity index (χ3n) is 1.68. The van der Waals surface area contributed by atoms with E-state index in [1.807, 2.05) is 0 Å². The molecule has 0 radical (unpaired) electrons.